The SMILES string of the molecule is Cc1cc(/C=C/c2ccccc2)ccc1C(C)C. The molecule has 18 heavy (non-hydrogen) atoms. The normalized spacial score (nSPS) is 11.3. The molecule has 0 aliphatic heterocycles. The number of rotatable bonds is 3. The number of hydrogen-bond acceptors (Lipinski definition) is 0. The second-order valence-electron chi connectivity index (χ2n) is 5.01. The van der Waals surface area contributed by atoms with Gasteiger partial charge in [0.25, 0.3) is 0 Å². The van der Waals surface area contributed by atoms with Crippen LogP contribution in [0.4, 0.5) is 0 Å². The summed E-state index contributed by atoms with van der Waals surface area (Å²) in [5, 5.41) is 0. The number of aryl methyl sites for hydroxylation is 1. The third-order valence-corrected chi connectivity index (χ3v) is 3.18. The second-order valence-corrected chi connectivity index (χ2v) is 5.01. The Balaban J connectivity index is 2.21. The van der Waals surface area contributed by atoms with Gasteiger partial charge in [-0.25, -0.2) is 0 Å². The third-order valence-electron chi connectivity index (χ3n) is 3.18. The summed E-state index contributed by atoms with van der Waals surface area (Å²) in [6, 6.07) is 17.1. The lowest BCUT2D eigenvalue weighted by Crippen LogP contribution is -1.91. The minimum atomic E-state index is 0.595. The lowest BCUT2D eigenvalue weighted by atomic mass is 9.96. The van der Waals surface area contributed by atoms with Crippen LogP contribution in [0.25, 0.3) is 12.2 Å². The Kier molecular flexibility index (Phi) is 3.99. The molecule has 0 aliphatic rings. The van der Waals surface area contributed by atoms with Crippen molar-refractivity contribution in [3.8, 4) is 0 Å². The highest BCUT2D eigenvalue weighted by atomic mass is 14.1. The molecule has 92 valence electrons. The molecule has 0 spiro atoms. The topological polar surface area (TPSA) is 0 Å². The maximum absolute atomic E-state index is 2.26. The Morgan fingerprint density at radius 1 is 0.833 bits per heavy atom. The van der Waals surface area contributed by atoms with Crippen LogP contribution in [0.2, 0.25) is 0 Å². The molecule has 0 amide bonds. The highest BCUT2D eigenvalue weighted by Gasteiger charge is 2.02. The third kappa shape index (κ3) is 3.10. The van der Waals surface area contributed by atoms with Gasteiger partial charge in [-0.05, 0) is 35.1 Å². The minimum absolute atomic E-state index is 0.595. The van der Waals surface area contributed by atoms with E-state index in [4.69, 9.17) is 0 Å². The van der Waals surface area contributed by atoms with Gasteiger partial charge in [0.05, 0.1) is 0 Å². The van der Waals surface area contributed by atoms with Gasteiger partial charge in [0, 0.05) is 0 Å². The fraction of sp³-hybridized carbons (Fsp3) is 0.222. The van der Waals surface area contributed by atoms with Crippen LogP contribution in [0.5, 0.6) is 0 Å². The van der Waals surface area contributed by atoms with E-state index in [2.05, 4.69) is 75.4 Å². The van der Waals surface area contributed by atoms with Crippen molar-refractivity contribution in [2.75, 3.05) is 0 Å². The lowest BCUT2D eigenvalue weighted by Gasteiger charge is -2.09. The molecular formula is C18H20. The Morgan fingerprint density at radius 2 is 1.50 bits per heavy atom. The van der Waals surface area contributed by atoms with Crippen LogP contribution in [0.1, 0.15) is 42.0 Å². The molecule has 0 saturated carbocycles. The van der Waals surface area contributed by atoms with Gasteiger partial charge in [0.1, 0.15) is 0 Å². The number of hydrogen-bond donors (Lipinski definition) is 0. The molecule has 2 aromatic carbocycles. The van der Waals surface area contributed by atoms with Gasteiger partial charge in [-0.15, -0.1) is 0 Å². The van der Waals surface area contributed by atoms with Gasteiger partial charge in [0.15, 0.2) is 0 Å². The van der Waals surface area contributed by atoms with E-state index in [0.29, 0.717) is 5.92 Å². The van der Waals surface area contributed by atoms with Crippen LogP contribution in [0, 0.1) is 6.92 Å². The Hall–Kier alpha value is -1.82. The van der Waals surface area contributed by atoms with E-state index in [9.17, 15) is 0 Å². The van der Waals surface area contributed by atoms with Gasteiger partial charge < -0.3 is 0 Å². The van der Waals surface area contributed by atoms with Crippen molar-refractivity contribution in [3.63, 3.8) is 0 Å². The molecule has 0 radical (unpaired) electrons. The van der Waals surface area contributed by atoms with Gasteiger partial charge in [-0.1, -0.05) is 74.5 Å². The van der Waals surface area contributed by atoms with Gasteiger partial charge in [-0.3, -0.25) is 0 Å². The molecule has 0 aliphatic carbocycles. The predicted molar refractivity (Wildman–Crippen MR) is 80.6 cm³/mol. The van der Waals surface area contributed by atoms with Crippen molar-refractivity contribution >= 4 is 12.2 Å². The molecule has 0 saturated heterocycles. The summed E-state index contributed by atoms with van der Waals surface area (Å²) in [4.78, 5) is 0. The van der Waals surface area contributed by atoms with Gasteiger partial charge in [0.2, 0.25) is 0 Å². The summed E-state index contributed by atoms with van der Waals surface area (Å²) in [6.07, 6.45) is 4.33. The first-order valence-electron chi connectivity index (χ1n) is 6.50. The van der Waals surface area contributed by atoms with Crippen LogP contribution in [-0.4, -0.2) is 0 Å². The maximum Gasteiger partial charge on any atom is -0.0216 e. The molecule has 0 heterocycles. The van der Waals surface area contributed by atoms with Crippen molar-refractivity contribution in [2.24, 2.45) is 0 Å². The van der Waals surface area contributed by atoms with Crippen LogP contribution in [-0.2, 0) is 0 Å². The molecule has 2 rings (SSSR count). The quantitative estimate of drug-likeness (QED) is 0.635. The lowest BCUT2D eigenvalue weighted by molar-refractivity contribution is 0.856. The zero-order valence-corrected chi connectivity index (χ0v) is 11.4. The molecule has 0 fully saturated rings. The standard InChI is InChI=1S/C18H20/c1-14(2)18-12-11-17(13-15(18)3)10-9-16-7-5-4-6-8-16/h4-14H,1-3H3/b10-9+. The molecule has 0 unspecified atom stereocenters. The second kappa shape index (κ2) is 5.68. The average Bonchev–Trinajstić information content (AvgIpc) is 2.37. The molecular weight excluding hydrogens is 216 g/mol. The van der Waals surface area contributed by atoms with Crippen LogP contribution in [0.3, 0.4) is 0 Å². The summed E-state index contributed by atoms with van der Waals surface area (Å²) < 4.78 is 0. The van der Waals surface area contributed by atoms with E-state index < -0.39 is 0 Å². The average molecular weight is 236 g/mol. The van der Waals surface area contributed by atoms with Crippen molar-refractivity contribution in [3.05, 3.63) is 70.8 Å². The summed E-state index contributed by atoms with van der Waals surface area (Å²) in [7, 11) is 0. The molecule has 0 heteroatoms. The van der Waals surface area contributed by atoms with Crippen molar-refractivity contribution < 1.29 is 0 Å². The van der Waals surface area contributed by atoms with Crippen molar-refractivity contribution in [2.45, 2.75) is 26.7 Å². The molecule has 0 aromatic heterocycles. The Bertz CT molecular complexity index is 533. The van der Waals surface area contributed by atoms with E-state index in [0.717, 1.165) is 0 Å². The molecule has 0 bridgehead atoms. The Morgan fingerprint density at radius 3 is 2.11 bits per heavy atom. The fourth-order valence-corrected chi connectivity index (χ4v) is 2.21. The van der Waals surface area contributed by atoms with Crippen molar-refractivity contribution in [1.29, 1.82) is 0 Å². The maximum atomic E-state index is 2.26. The first-order valence-corrected chi connectivity index (χ1v) is 6.50. The first-order chi connectivity index (χ1) is 8.66. The monoisotopic (exact) mass is 236 g/mol. The summed E-state index contributed by atoms with van der Waals surface area (Å²) in [6.45, 7) is 6.67. The van der Waals surface area contributed by atoms with E-state index in [1.807, 2.05) is 6.07 Å². The highest BCUT2D eigenvalue weighted by molar-refractivity contribution is 5.70. The smallest absolute Gasteiger partial charge is 0.0216 e. The molecule has 0 atom stereocenters. The summed E-state index contributed by atoms with van der Waals surface area (Å²) in [5.41, 5.74) is 5.32. The van der Waals surface area contributed by atoms with E-state index in [-0.39, 0.29) is 0 Å². The summed E-state index contributed by atoms with van der Waals surface area (Å²) in [5.74, 6) is 0.595. The van der Waals surface area contributed by atoms with Crippen molar-refractivity contribution in [1.82, 2.24) is 0 Å². The highest BCUT2D eigenvalue weighted by Crippen LogP contribution is 2.21. The summed E-state index contributed by atoms with van der Waals surface area (Å²) >= 11 is 0. The largest absolute Gasteiger partial charge is 0.0622 e. The number of benzene rings is 2. The Labute approximate surface area is 110 Å². The molecule has 0 N–H and O–H groups in total. The van der Waals surface area contributed by atoms with Gasteiger partial charge in [-0.2, -0.15) is 0 Å². The zero-order valence-electron chi connectivity index (χ0n) is 11.4. The fourth-order valence-electron chi connectivity index (χ4n) is 2.21. The van der Waals surface area contributed by atoms with Crippen LogP contribution in [0.15, 0.2) is 48.5 Å². The zero-order chi connectivity index (χ0) is 13.0. The minimum Gasteiger partial charge on any atom is -0.0622 e. The first kappa shape index (κ1) is 12.6. The van der Waals surface area contributed by atoms with Crippen LogP contribution < -0.4 is 0 Å². The van der Waals surface area contributed by atoms with Crippen LogP contribution >= 0.6 is 0 Å². The molecule has 0 nitrogen and oxygen atoms in total. The van der Waals surface area contributed by atoms with E-state index >= 15 is 0 Å². The predicted octanol–water partition coefficient (Wildman–Crippen LogP) is 5.29. The van der Waals surface area contributed by atoms with Gasteiger partial charge >= 0.3 is 0 Å². The van der Waals surface area contributed by atoms with E-state index in [1.165, 1.54) is 22.3 Å². The van der Waals surface area contributed by atoms with E-state index in [1.54, 1.807) is 0 Å². The molecule has 2 aromatic rings.